The van der Waals surface area contributed by atoms with Crippen molar-refractivity contribution in [2.75, 3.05) is 36.5 Å². The summed E-state index contributed by atoms with van der Waals surface area (Å²) in [5.41, 5.74) is 2.29. The molecule has 0 unspecified atom stereocenters. The molecule has 3 aromatic rings. The molecule has 7 nitrogen and oxygen atoms in total. The number of hydrogen-bond donors (Lipinski definition) is 2. The number of carbonyl (C=O) groups excluding carboxylic acids is 1. The highest BCUT2D eigenvalue weighted by Crippen LogP contribution is 2.20. The molecular formula is C20H21FN4O3S. The van der Waals surface area contributed by atoms with E-state index in [1.807, 2.05) is 6.20 Å². The van der Waals surface area contributed by atoms with Crippen LogP contribution in [0.1, 0.15) is 15.9 Å². The highest BCUT2D eigenvalue weighted by atomic mass is 32.2. The number of benzene rings is 1. The molecule has 1 saturated heterocycles. The van der Waals surface area contributed by atoms with E-state index in [1.165, 1.54) is 18.3 Å². The first-order chi connectivity index (χ1) is 13.9. The highest BCUT2D eigenvalue weighted by molar-refractivity contribution is 7.91. The maximum atomic E-state index is 13.3. The summed E-state index contributed by atoms with van der Waals surface area (Å²) in [6.07, 6.45) is 4.11. The van der Waals surface area contributed by atoms with Crippen LogP contribution in [0.2, 0.25) is 0 Å². The first-order valence-electron chi connectivity index (χ1n) is 9.36. The van der Waals surface area contributed by atoms with Gasteiger partial charge >= 0.3 is 0 Å². The lowest BCUT2D eigenvalue weighted by molar-refractivity contribution is 0.0770. The van der Waals surface area contributed by atoms with Crippen LogP contribution in [0.25, 0.3) is 10.9 Å². The molecule has 1 aliphatic rings. The zero-order valence-electron chi connectivity index (χ0n) is 15.7. The van der Waals surface area contributed by atoms with Gasteiger partial charge in [0.25, 0.3) is 5.91 Å². The van der Waals surface area contributed by atoms with Gasteiger partial charge in [-0.05, 0) is 42.3 Å². The van der Waals surface area contributed by atoms with Crippen molar-refractivity contribution in [2.24, 2.45) is 0 Å². The van der Waals surface area contributed by atoms with Gasteiger partial charge in [0.05, 0.1) is 17.1 Å². The predicted octanol–water partition coefficient (Wildman–Crippen LogP) is 2.23. The first-order valence-corrected chi connectivity index (χ1v) is 11.2. The molecule has 1 fully saturated rings. The number of aromatic amines is 1. The molecule has 2 N–H and O–H groups in total. The van der Waals surface area contributed by atoms with Gasteiger partial charge in [-0.15, -0.1) is 0 Å². The van der Waals surface area contributed by atoms with Crippen molar-refractivity contribution >= 4 is 32.5 Å². The monoisotopic (exact) mass is 416 g/mol. The van der Waals surface area contributed by atoms with E-state index >= 15 is 0 Å². The molecule has 0 radical (unpaired) electrons. The third-order valence-corrected chi connectivity index (χ3v) is 6.68. The molecule has 9 heteroatoms. The van der Waals surface area contributed by atoms with Crippen molar-refractivity contribution in [3.63, 3.8) is 0 Å². The molecule has 29 heavy (non-hydrogen) atoms. The van der Waals surface area contributed by atoms with Gasteiger partial charge in [-0.1, -0.05) is 0 Å². The van der Waals surface area contributed by atoms with Gasteiger partial charge < -0.3 is 15.2 Å². The Labute approximate surface area is 167 Å². The number of carbonyl (C=O) groups is 1. The Kier molecular flexibility index (Phi) is 5.23. The van der Waals surface area contributed by atoms with Gasteiger partial charge in [0.15, 0.2) is 9.84 Å². The molecule has 0 spiro atoms. The Morgan fingerprint density at radius 3 is 2.72 bits per heavy atom. The maximum Gasteiger partial charge on any atom is 0.255 e. The number of halogens is 1. The predicted molar refractivity (Wildman–Crippen MR) is 109 cm³/mol. The molecule has 3 heterocycles. The Balaban J connectivity index is 1.33. The second-order valence-electron chi connectivity index (χ2n) is 7.06. The van der Waals surface area contributed by atoms with E-state index in [1.54, 1.807) is 23.1 Å². The van der Waals surface area contributed by atoms with E-state index in [9.17, 15) is 17.6 Å². The van der Waals surface area contributed by atoms with Gasteiger partial charge in [-0.25, -0.2) is 17.8 Å². The van der Waals surface area contributed by atoms with E-state index < -0.39 is 9.84 Å². The summed E-state index contributed by atoms with van der Waals surface area (Å²) >= 11 is 0. The van der Waals surface area contributed by atoms with E-state index in [4.69, 9.17) is 0 Å². The molecule has 0 aliphatic carbocycles. The lowest BCUT2D eigenvalue weighted by Gasteiger charge is -2.26. The number of nitrogens with one attached hydrogen (secondary N) is 2. The molecule has 1 aromatic carbocycles. The van der Waals surface area contributed by atoms with Crippen LogP contribution in [-0.2, 0) is 16.3 Å². The normalized spacial score (nSPS) is 16.1. The molecule has 0 bridgehead atoms. The third kappa shape index (κ3) is 4.40. The fourth-order valence-electron chi connectivity index (χ4n) is 3.41. The number of sulfone groups is 1. The van der Waals surface area contributed by atoms with Crippen LogP contribution in [0.4, 0.5) is 10.2 Å². The van der Waals surface area contributed by atoms with Crippen LogP contribution in [0.5, 0.6) is 0 Å². The summed E-state index contributed by atoms with van der Waals surface area (Å²) in [6, 6.07) is 8.11. The Morgan fingerprint density at radius 2 is 2.00 bits per heavy atom. The second kappa shape index (κ2) is 7.82. The molecule has 0 saturated carbocycles. The van der Waals surface area contributed by atoms with E-state index in [0.29, 0.717) is 17.9 Å². The van der Waals surface area contributed by atoms with Crippen molar-refractivity contribution in [1.82, 2.24) is 14.9 Å². The van der Waals surface area contributed by atoms with Gasteiger partial charge in [-0.3, -0.25) is 4.79 Å². The maximum absolute atomic E-state index is 13.3. The van der Waals surface area contributed by atoms with Crippen LogP contribution in [0.15, 0.2) is 42.7 Å². The Bertz CT molecular complexity index is 1130. The average Bonchev–Trinajstić information content (AvgIpc) is 3.10. The second-order valence-corrected chi connectivity index (χ2v) is 9.36. The fourth-order valence-corrected chi connectivity index (χ4v) is 4.61. The summed E-state index contributed by atoms with van der Waals surface area (Å²) in [5.74, 6) is 0.186. The largest absolute Gasteiger partial charge is 0.370 e. The molecule has 152 valence electrons. The quantitative estimate of drug-likeness (QED) is 0.665. The number of hydrogen-bond acceptors (Lipinski definition) is 5. The highest BCUT2D eigenvalue weighted by Gasteiger charge is 2.25. The number of amides is 1. The molecule has 2 aromatic heterocycles. The first kappa shape index (κ1) is 19.4. The van der Waals surface area contributed by atoms with E-state index in [2.05, 4.69) is 15.3 Å². The molecule has 1 amide bonds. The number of H-pyrrole nitrogens is 1. The molecular weight excluding hydrogens is 395 g/mol. The van der Waals surface area contributed by atoms with Crippen molar-refractivity contribution in [2.45, 2.75) is 6.42 Å². The minimum Gasteiger partial charge on any atom is -0.370 e. The van der Waals surface area contributed by atoms with Crippen molar-refractivity contribution in [3.8, 4) is 0 Å². The SMILES string of the molecule is O=C(c1ccc(NCCc2c[nH]c3cc(F)ccc23)nc1)N1CCS(=O)(=O)CC1. The number of aromatic nitrogens is 2. The number of nitrogens with zero attached hydrogens (tertiary/aromatic N) is 2. The lowest BCUT2D eigenvalue weighted by Crippen LogP contribution is -2.43. The minimum absolute atomic E-state index is 0.00624. The zero-order chi connectivity index (χ0) is 20.4. The number of anilines is 1. The summed E-state index contributed by atoms with van der Waals surface area (Å²) < 4.78 is 36.3. The van der Waals surface area contributed by atoms with Gasteiger partial charge in [-0.2, -0.15) is 0 Å². The Morgan fingerprint density at radius 1 is 1.21 bits per heavy atom. The molecule has 0 atom stereocenters. The van der Waals surface area contributed by atoms with Gasteiger partial charge in [0, 0.05) is 42.9 Å². The summed E-state index contributed by atoms with van der Waals surface area (Å²) in [7, 11) is -3.02. The number of rotatable bonds is 5. The average molecular weight is 416 g/mol. The van der Waals surface area contributed by atoms with E-state index in [0.717, 1.165) is 22.9 Å². The smallest absolute Gasteiger partial charge is 0.255 e. The van der Waals surface area contributed by atoms with Crippen LogP contribution in [0, 0.1) is 5.82 Å². The standard InChI is InChI=1S/C20H21FN4O3S/c21-16-2-3-17-14(12-23-18(17)11-16)5-6-22-19-4-1-15(13-24-19)20(26)25-7-9-29(27,28)10-8-25/h1-4,11-13,23H,5-10H2,(H,22,24). The van der Waals surface area contributed by atoms with Crippen LogP contribution < -0.4 is 5.32 Å². The minimum atomic E-state index is -3.02. The van der Waals surface area contributed by atoms with Gasteiger partial charge in [0.1, 0.15) is 11.6 Å². The number of fused-ring (bicyclic) bond motifs is 1. The van der Waals surface area contributed by atoms with Crippen LogP contribution >= 0.6 is 0 Å². The third-order valence-electron chi connectivity index (χ3n) is 5.07. The topological polar surface area (TPSA) is 95.2 Å². The lowest BCUT2D eigenvalue weighted by atomic mass is 10.1. The van der Waals surface area contributed by atoms with Crippen molar-refractivity contribution < 1.29 is 17.6 Å². The summed E-state index contributed by atoms with van der Waals surface area (Å²) in [4.78, 5) is 21.4. The van der Waals surface area contributed by atoms with Crippen LogP contribution in [-0.4, -0.2) is 60.3 Å². The Hall–Kier alpha value is -2.94. The van der Waals surface area contributed by atoms with Gasteiger partial charge in [0.2, 0.25) is 0 Å². The molecule has 1 aliphatic heterocycles. The van der Waals surface area contributed by atoms with Crippen molar-refractivity contribution in [1.29, 1.82) is 0 Å². The number of pyridine rings is 1. The fraction of sp³-hybridized carbons (Fsp3) is 0.300. The van der Waals surface area contributed by atoms with Crippen LogP contribution in [0.3, 0.4) is 0 Å². The zero-order valence-corrected chi connectivity index (χ0v) is 16.5. The van der Waals surface area contributed by atoms with E-state index in [-0.39, 0.29) is 36.3 Å². The summed E-state index contributed by atoms with van der Waals surface area (Å²) in [6.45, 7) is 1.07. The van der Waals surface area contributed by atoms with Crippen molar-refractivity contribution in [3.05, 3.63) is 59.7 Å². The summed E-state index contributed by atoms with van der Waals surface area (Å²) in [5, 5.41) is 4.20. The molecule has 4 rings (SSSR count).